The summed E-state index contributed by atoms with van der Waals surface area (Å²) in [6, 6.07) is 0. The number of rotatable bonds is 3. The monoisotopic (exact) mass is 156 g/mol. The van der Waals surface area contributed by atoms with Crippen molar-refractivity contribution in [2.75, 3.05) is 6.54 Å². The molecule has 0 heterocycles. The van der Waals surface area contributed by atoms with E-state index < -0.39 is 0 Å². The van der Waals surface area contributed by atoms with Crippen LogP contribution in [0.5, 0.6) is 0 Å². The van der Waals surface area contributed by atoms with Crippen LogP contribution in [0.2, 0.25) is 0 Å². The van der Waals surface area contributed by atoms with Crippen LogP contribution < -0.4 is 5.17 Å². The van der Waals surface area contributed by atoms with Gasteiger partial charge in [-0.25, -0.2) is 5.17 Å². The molecule has 1 aliphatic rings. The van der Waals surface area contributed by atoms with Gasteiger partial charge in [-0.05, 0) is 12.8 Å². The van der Waals surface area contributed by atoms with Crippen molar-refractivity contribution in [3.8, 4) is 0 Å². The molecule has 64 valence electrons. The zero-order valence-electron chi connectivity index (χ0n) is 6.88. The predicted octanol–water partition coefficient (Wildman–Crippen LogP) is 0.565. The van der Waals surface area contributed by atoms with Crippen LogP contribution >= 0.6 is 0 Å². The van der Waals surface area contributed by atoms with Crippen molar-refractivity contribution in [1.82, 2.24) is 0 Å². The minimum atomic E-state index is -0.0306. The number of hydrogen-bond donors (Lipinski definition) is 1. The SMILES string of the molecule is C=N[NH+]([O-])CC1CCCCC1. The number of hydrogen-bond acceptors (Lipinski definition) is 2. The minimum Gasteiger partial charge on any atom is -0.606 e. The van der Waals surface area contributed by atoms with Crippen molar-refractivity contribution in [1.29, 1.82) is 0 Å². The maximum absolute atomic E-state index is 10.9. The molecule has 1 N–H and O–H groups in total. The second-order valence-electron chi connectivity index (χ2n) is 3.26. The Bertz CT molecular complexity index is 121. The summed E-state index contributed by atoms with van der Waals surface area (Å²) in [6.45, 7) is 3.86. The van der Waals surface area contributed by atoms with Gasteiger partial charge in [-0.1, -0.05) is 24.4 Å². The average Bonchev–Trinajstić information content (AvgIpc) is 2.06. The Morgan fingerprint density at radius 2 is 2.00 bits per heavy atom. The van der Waals surface area contributed by atoms with Gasteiger partial charge in [0.15, 0.2) is 0 Å². The summed E-state index contributed by atoms with van der Waals surface area (Å²) < 4.78 is 0. The maximum atomic E-state index is 10.9. The highest BCUT2D eigenvalue weighted by molar-refractivity contribution is 5.20. The molecule has 1 saturated carbocycles. The second-order valence-corrected chi connectivity index (χ2v) is 3.26. The fraction of sp³-hybridized carbons (Fsp3) is 0.875. The Kier molecular flexibility index (Phi) is 3.52. The van der Waals surface area contributed by atoms with Crippen molar-refractivity contribution >= 4 is 6.72 Å². The van der Waals surface area contributed by atoms with E-state index in [2.05, 4.69) is 11.8 Å². The highest BCUT2D eigenvalue weighted by Crippen LogP contribution is 2.21. The van der Waals surface area contributed by atoms with E-state index in [1.54, 1.807) is 0 Å². The lowest BCUT2D eigenvalue weighted by molar-refractivity contribution is -0.858. The number of quaternary nitrogens is 1. The summed E-state index contributed by atoms with van der Waals surface area (Å²) in [6.07, 6.45) is 6.33. The fourth-order valence-corrected chi connectivity index (χ4v) is 1.70. The molecule has 0 saturated heterocycles. The van der Waals surface area contributed by atoms with E-state index >= 15 is 0 Å². The summed E-state index contributed by atoms with van der Waals surface area (Å²) in [5.74, 6) is 0.599. The van der Waals surface area contributed by atoms with Crippen LogP contribution in [-0.4, -0.2) is 13.3 Å². The zero-order valence-corrected chi connectivity index (χ0v) is 6.88. The molecule has 0 aliphatic heterocycles. The lowest BCUT2D eigenvalue weighted by Crippen LogP contribution is -3.03. The van der Waals surface area contributed by atoms with E-state index in [1.807, 2.05) is 0 Å². The van der Waals surface area contributed by atoms with Gasteiger partial charge in [0.1, 0.15) is 6.54 Å². The Morgan fingerprint density at radius 1 is 1.36 bits per heavy atom. The molecule has 0 amide bonds. The average molecular weight is 156 g/mol. The van der Waals surface area contributed by atoms with Crippen LogP contribution in [0.1, 0.15) is 32.1 Å². The quantitative estimate of drug-likeness (QED) is 0.471. The van der Waals surface area contributed by atoms with Crippen molar-refractivity contribution < 1.29 is 5.17 Å². The second kappa shape index (κ2) is 4.46. The van der Waals surface area contributed by atoms with Crippen LogP contribution in [0.25, 0.3) is 0 Å². The first-order chi connectivity index (χ1) is 5.33. The summed E-state index contributed by atoms with van der Waals surface area (Å²) in [5, 5.41) is 14.2. The third kappa shape index (κ3) is 2.99. The maximum Gasteiger partial charge on any atom is 0.104 e. The summed E-state index contributed by atoms with van der Waals surface area (Å²) in [7, 11) is 0. The molecular weight excluding hydrogens is 140 g/mol. The Balaban J connectivity index is 2.18. The van der Waals surface area contributed by atoms with Gasteiger partial charge >= 0.3 is 0 Å². The van der Waals surface area contributed by atoms with Crippen molar-refractivity contribution in [3.05, 3.63) is 5.21 Å². The highest BCUT2D eigenvalue weighted by Gasteiger charge is 2.15. The van der Waals surface area contributed by atoms with Gasteiger partial charge in [0, 0.05) is 12.6 Å². The summed E-state index contributed by atoms with van der Waals surface area (Å²) >= 11 is 0. The molecule has 0 aromatic carbocycles. The molecule has 11 heavy (non-hydrogen) atoms. The van der Waals surface area contributed by atoms with Crippen LogP contribution in [0.4, 0.5) is 0 Å². The molecule has 1 unspecified atom stereocenters. The Morgan fingerprint density at radius 3 is 2.55 bits per heavy atom. The number of hydroxylamine groups is 1. The standard InChI is InChI=1S/C8H16N2O/c1-9-10(11)7-8-5-3-2-4-6-8/h8,10H,1-7H2. The van der Waals surface area contributed by atoms with E-state index in [4.69, 9.17) is 0 Å². The van der Waals surface area contributed by atoms with Gasteiger partial charge in [0.05, 0.1) is 0 Å². The smallest absolute Gasteiger partial charge is 0.104 e. The first-order valence-electron chi connectivity index (χ1n) is 4.32. The molecule has 0 spiro atoms. The first kappa shape index (κ1) is 8.68. The molecule has 3 heteroatoms. The van der Waals surface area contributed by atoms with E-state index in [0.29, 0.717) is 12.5 Å². The van der Waals surface area contributed by atoms with Crippen LogP contribution in [0.3, 0.4) is 0 Å². The predicted molar refractivity (Wildman–Crippen MR) is 45.3 cm³/mol. The zero-order chi connectivity index (χ0) is 8.10. The van der Waals surface area contributed by atoms with Crippen molar-refractivity contribution in [2.24, 2.45) is 11.0 Å². The van der Waals surface area contributed by atoms with Crippen molar-refractivity contribution in [3.63, 3.8) is 0 Å². The molecular formula is C8H16N2O. The molecule has 1 atom stereocenters. The lowest BCUT2D eigenvalue weighted by Gasteiger charge is -2.24. The molecule has 0 radical (unpaired) electrons. The van der Waals surface area contributed by atoms with Gasteiger partial charge in [-0.2, -0.15) is 0 Å². The Labute approximate surface area is 67.7 Å². The molecule has 0 aromatic rings. The fourth-order valence-electron chi connectivity index (χ4n) is 1.70. The molecule has 3 nitrogen and oxygen atoms in total. The number of nitrogens with one attached hydrogen (secondary N) is 1. The molecule has 1 rings (SSSR count). The third-order valence-electron chi connectivity index (χ3n) is 2.36. The lowest BCUT2D eigenvalue weighted by atomic mass is 9.89. The van der Waals surface area contributed by atoms with Gasteiger partial charge in [0.25, 0.3) is 0 Å². The highest BCUT2D eigenvalue weighted by atomic mass is 16.5. The van der Waals surface area contributed by atoms with Gasteiger partial charge in [0.2, 0.25) is 0 Å². The van der Waals surface area contributed by atoms with E-state index in [9.17, 15) is 5.21 Å². The van der Waals surface area contributed by atoms with Gasteiger partial charge in [-0.15, -0.1) is 0 Å². The first-order valence-corrected chi connectivity index (χ1v) is 4.32. The largest absolute Gasteiger partial charge is 0.606 e. The van der Waals surface area contributed by atoms with E-state index in [1.165, 1.54) is 32.1 Å². The summed E-state index contributed by atoms with van der Waals surface area (Å²) in [4.78, 5) is 0. The molecule has 0 aromatic heterocycles. The van der Waals surface area contributed by atoms with Crippen molar-refractivity contribution in [2.45, 2.75) is 32.1 Å². The van der Waals surface area contributed by atoms with Gasteiger partial charge < -0.3 is 5.21 Å². The van der Waals surface area contributed by atoms with Crippen LogP contribution in [0.15, 0.2) is 5.10 Å². The van der Waals surface area contributed by atoms with Crippen LogP contribution in [0, 0.1) is 11.1 Å². The van der Waals surface area contributed by atoms with Gasteiger partial charge in [-0.3, -0.25) is 0 Å². The normalized spacial score (nSPS) is 23.0. The summed E-state index contributed by atoms with van der Waals surface area (Å²) in [5.41, 5.74) is 0. The Hall–Kier alpha value is -0.410. The van der Waals surface area contributed by atoms with Crippen LogP contribution in [-0.2, 0) is 0 Å². The van der Waals surface area contributed by atoms with E-state index in [0.717, 1.165) is 0 Å². The molecule has 0 bridgehead atoms. The molecule has 1 fully saturated rings. The third-order valence-corrected chi connectivity index (χ3v) is 2.36. The molecule has 1 aliphatic carbocycles. The van der Waals surface area contributed by atoms with E-state index in [-0.39, 0.29) is 5.17 Å². The minimum absolute atomic E-state index is 0.0306. The topological polar surface area (TPSA) is 39.9 Å². The number of nitrogens with zero attached hydrogens (tertiary/aromatic N) is 1.